The Kier molecular flexibility index (Phi) is 8.45. The Hall–Kier alpha value is -4.62. The third-order valence-corrected chi connectivity index (χ3v) is 8.12. The number of aromatic nitrogens is 3. The molecule has 220 valence electrons. The van der Waals surface area contributed by atoms with Crippen molar-refractivity contribution in [1.29, 1.82) is 0 Å². The summed E-state index contributed by atoms with van der Waals surface area (Å²) < 4.78 is 37.0. The molecule has 0 bridgehead atoms. The summed E-state index contributed by atoms with van der Waals surface area (Å²) in [5.41, 5.74) is 2.32. The zero-order valence-corrected chi connectivity index (χ0v) is 24.9. The Balaban J connectivity index is 1.85. The first-order valence-corrected chi connectivity index (χ1v) is 14.5. The number of amides is 1. The van der Waals surface area contributed by atoms with Gasteiger partial charge >= 0.3 is 0 Å². The van der Waals surface area contributed by atoms with Crippen LogP contribution in [0.3, 0.4) is 0 Å². The van der Waals surface area contributed by atoms with E-state index >= 15 is 0 Å². The number of aryl methyl sites for hydroxylation is 1. The van der Waals surface area contributed by atoms with Gasteiger partial charge in [0.15, 0.2) is 5.69 Å². The van der Waals surface area contributed by atoms with E-state index in [1.807, 2.05) is 32.0 Å². The molecule has 2 aromatic heterocycles. The third-order valence-electron chi connectivity index (χ3n) is 6.34. The van der Waals surface area contributed by atoms with E-state index in [0.29, 0.717) is 11.3 Å². The number of ether oxygens (including phenoxy) is 1. The molecule has 4 rings (SSSR count). The fourth-order valence-corrected chi connectivity index (χ4v) is 5.75. The SMILES string of the molecule is Cc1cccc(-n2nc(C(=O)NCc3cccnc3)c(C)c2Oc2ccc([N+](=O)[O-])cc2S(=O)(=O)NC(C)(C)C)c1C. The molecule has 42 heavy (non-hydrogen) atoms. The van der Waals surface area contributed by atoms with Crippen LogP contribution in [0.1, 0.15) is 53.5 Å². The molecular formula is C29H32N6O6S. The maximum atomic E-state index is 13.4. The summed E-state index contributed by atoms with van der Waals surface area (Å²) in [5, 5.41) is 18.9. The average molecular weight is 593 g/mol. The van der Waals surface area contributed by atoms with Crippen LogP contribution in [-0.2, 0) is 16.6 Å². The second kappa shape index (κ2) is 11.7. The van der Waals surface area contributed by atoms with Crippen molar-refractivity contribution in [2.75, 3.05) is 0 Å². The van der Waals surface area contributed by atoms with Crippen molar-refractivity contribution < 1.29 is 22.9 Å². The lowest BCUT2D eigenvalue weighted by Gasteiger charge is -2.21. The molecule has 0 atom stereocenters. The molecule has 1 amide bonds. The Bertz CT molecular complexity index is 1760. The van der Waals surface area contributed by atoms with Crippen LogP contribution in [0, 0.1) is 30.9 Å². The van der Waals surface area contributed by atoms with Gasteiger partial charge in [0.2, 0.25) is 15.9 Å². The van der Waals surface area contributed by atoms with Gasteiger partial charge in [-0.3, -0.25) is 19.9 Å². The number of nitrogens with one attached hydrogen (secondary N) is 2. The molecule has 0 aliphatic heterocycles. The molecular weight excluding hydrogens is 560 g/mol. The van der Waals surface area contributed by atoms with Crippen molar-refractivity contribution in [3.05, 3.63) is 99.0 Å². The fraction of sp³-hybridized carbons (Fsp3) is 0.276. The van der Waals surface area contributed by atoms with Crippen LogP contribution >= 0.6 is 0 Å². The lowest BCUT2D eigenvalue weighted by atomic mass is 10.1. The van der Waals surface area contributed by atoms with Crippen molar-refractivity contribution in [2.45, 2.75) is 58.5 Å². The van der Waals surface area contributed by atoms with Crippen LogP contribution in [0.25, 0.3) is 5.69 Å². The first-order chi connectivity index (χ1) is 19.7. The fourth-order valence-electron chi connectivity index (χ4n) is 4.18. The predicted molar refractivity (Wildman–Crippen MR) is 156 cm³/mol. The minimum atomic E-state index is -4.27. The predicted octanol–water partition coefficient (Wildman–Crippen LogP) is 4.90. The van der Waals surface area contributed by atoms with Gasteiger partial charge in [0.05, 0.1) is 10.6 Å². The number of nitro groups is 1. The molecule has 4 aromatic rings. The molecule has 0 fully saturated rings. The molecule has 0 saturated heterocycles. The summed E-state index contributed by atoms with van der Waals surface area (Å²) in [4.78, 5) is 27.8. The van der Waals surface area contributed by atoms with Crippen LogP contribution in [0.15, 0.2) is 65.8 Å². The summed E-state index contributed by atoms with van der Waals surface area (Å²) >= 11 is 0. The number of benzene rings is 2. The molecule has 0 radical (unpaired) electrons. The summed E-state index contributed by atoms with van der Waals surface area (Å²) in [5.74, 6) is -0.568. The van der Waals surface area contributed by atoms with E-state index in [1.54, 1.807) is 52.2 Å². The number of hydrogen-bond donors (Lipinski definition) is 2. The maximum absolute atomic E-state index is 13.4. The number of carbonyl (C=O) groups excluding carboxylic acids is 1. The highest BCUT2D eigenvalue weighted by Crippen LogP contribution is 2.36. The topological polar surface area (TPSA) is 158 Å². The van der Waals surface area contributed by atoms with E-state index in [4.69, 9.17) is 4.74 Å². The van der Waals surface area contributed by atoms with Gasteiger partial charge in [0.25, 0.3) is 11.6 Å². The van der Waals surface area contributed by atoms with Gasteiger partial charge in [-0.1, -0.05) is 18.2 Å². The number of rotatable bonds is 9. The van der Waals surface area contributed by atoms with Gasteiger partial charge in [-0.15, -0.1) is 0 Å². The van der Waals surface area contributed by atoms with Crippen LogP contribution < -0.4 is 14.8 Å². The van der Waals surface area contributed by atoms with Crippen molar-refractivity contribution in [1.82, 2.24) is 24.8 Å². The van der Waals surface area contributed by atoms with Crippen molar-refractivity contribution in [2.24, 2.45) is 0 Å². The average Bonchev–Trinajstić information content (AvgIpc) is 3.23. The van der Waals surface area contributed by atoms with E-state index < -0.39 is 37.0 Å². The number of carbonyl (C=O) groups is 1. The van der Waals surface area contributed by atoms with E-state index in [1.165, 1.54) is 10.7 Å². The Morgan fingerprint density at radius 1 is 1.07 bits per heavy atom. The summed E-state index contributed by atoms with van der Waals surface area (Å²) in [7, 11) is -4.27. The van der Waals surface area contributed by atoms with Gasteiger partial charge in [-0.05, 0) is 76.4 Å². The van der Waals surface area contributed by atoms with Crippen LogP contribution in [-0.4, -0.2) is 39.6 Å². The third kappa shape index (κ3) is 6.64. The number of hydrogen-bond acceptors (Lipinski definition) is 8. The highest BCUT2D eigenvalue weighted by molar-refractivity contribution is 7.89. The first kappa shape index (κ1) is 30.3. The summed E-state index contributed by atoms with van der Waals surface area (Å²) in [6.07, 6.45) is 3.27. The lowest BCUT2D eigenvalue weighted by molar-refractivity contribution is -0.385. The van der Waals surface area contributed by atoms with E-state index in [9.17, 15) is 23.3 Å². The molecule has 2 aromatic carbocycles. The zero-order valence-electron chi connectivity index (χ0n) is 24.1. The molecule has 0 spiro atoms. The molecule has 2 N–H and O–H groups in total. The smallest absolute Gasteiger partial charge is 0.272 e. The maximum Gasteiger partial charge on any atom is 0.272 e. The minimum Gasteiger partial charge on any atom is -0.437 e. The molecule has 0 aliphatic rings. The molecule has 0 aliphatic carbocycles. The van der Waals surface area contributed by atoms with Gasteiger partial charge in [-0.25, -0.2) is 13.1 Å². The van der Waals surface area contributed by atoms with Crippen LogP contribution in [0.4, 0.5) is 5.69 Å². The molecule has 13 heteroatoms. The zero-order chi connectivity index (χ0) is 30.8. The second-order valence-electron chi connectivity index (χ2n) is 10.8. The van der Waals surface area contributed by atoms with Gasteiger partial charge < -0.3 is 10.1 Å². The quantitative estimate of drug-likeness (QED) is 0.205. The minimum absolute atomic E-state index is 0.0638. The lowest BCUT2D eigenvalue weighted by Crippen LogP contribution is -2.40. The standard InChI is InChI=1S/C29H32N6O6S/c1-18-9-7-11-23(19(18)2)34-28(20(3)26(32-34)27(36)31-17-21-10-8-14-30-16-21)41-24-13-12-22(35(37)38)15-25(24)42(39,40)33-29(4,5)6/h7-16,33H,17H2,1-6H3,(H,31,36). The monoisotopic (exact) mass is 592 g/mol. The van der Waals surface area contributed by atoms with Crippen LogP contribution in [0.5, 0.6) is 11.6 Å². The van der Waals surface area contributed by atoms with E-state index in [2.05, 4.69) is 20.1 Å². The second-order valence-corrected chi connectivity index (χ2v) is 12.5. The Morgan fingerprint density at radius 2 is 1.81 bits per heavy atom. The van der Waals surface area contributed by atoms with E-state index in [-0.39, 0.29) is 23.9 Å². The highest BCUT2D eigenvalue weighted by atomic mass is 32.2. The van der Waals surface area contributed by atoms with Crippen LogP contribution in [0.2, 0.25) is 0 Å². The molecule has 0 unspecified atom stereocenters. The number of non-ortho nitro benzene ring substituents is 1. The summed E-state index contributed by atoms with van der Waals surface area (Å²) in [6.45, 7) is 10.6. The number of nitro benzene ring substituents is 1. The van der Waals surface area contributed by atoms with Gasteiger partial charge in [0.1, 0.15) is 10.6 Å². The highest BCUT2D eigenvalue weighted by Gasteiger charge is 2.30. The number of nitrogens with zero attached hydrogens (tertiary/aromatic N) is 4. The Labute approximate surface area is 244 Å². The van der Waals surface area contributed by atoms with Gasteiger partial charge in [-0.2, -0.15) is 9.78 Å². The molecule has 2 heterocycles. The van der Waals surface area contributed by atoms with Crippen molar-refractivity contribution >= 4 is 21.6 Å². The Morgan fingerprint density at radius 3 is 2.45 bits per heavy atom. The number of sulfonamides is 1. The first-order valence-electron chi connectivity index (χ1n) is 13.0. The van der Waals surface area contributed by atoms with Gasteiger partial charge in [0, 0.05) is 42.2 Å². The summed E-state index contributed by atoms with van der Waals surface area (Å²) in [6, 6.07) is 12.5. The largest absolute Gasteiger partial charge is 0.437 e. The molecule has 0 saturated carbocycles. The van der Waals surface area contributed by atoms with Crippen molar-refractivity contribution in [3.8, 4) is 17.3 Å². The normalized spacial score (nSPS) is 11.8. The number of pyridine rings is 1. The van der Waals surface area contributed by atoms with Crippen molar-refractivity contribution in [3.63, 3.8) is 0 Å². The molecule has 12 nitrogen and oxygen atoms in total. The van der Waals surface area contributed by atoms with E-state index in [0.717, 1.165) is 28.8 Å².